The first kappa shape index (κ1) is 7.12. The highest BCUT2D eigenvalue weighted by Crippen LogP contribution is 1.74. The van der Waals surface area contributed by atoms with Crippen LogP contribution in [0.2, 0.25) is 0 Å². The van der Waals surface area contributed by atoms with Gasteiger partial charge in [0.15, 0.2) is 5.78 Å². The van der Waals surface area contributed by atoms with Gasteiger partial charge in [-0.15, -0.1) is 0 Å². The summed E-state index contributed by atoms with van der Waals surface area (Å²) in [7, 11) is 1.68. The number of Topliss-reactive ketones (excluding diaryl/α,β-unsaturated/α-hetero) is 1. The lowest BCUT2D eigenvalue weighted by Crippen LogP contribution is -2.17. The Hall–Kier alpha value is -0.880. The molecule has 0 aromatic heterocycles. The highest BCUT2D eigenvalue weighted by Gasteiger charge is 1.94. The normalized spacial score (nSPS) is 8.00. The number of hydrogen-bond donors (Lipinski definition) is 1. The zero-order valence-electron chi connectivity index (χ0n) is 4.77. The first-order valence-corrected chi connectivity index (χ1v) is 2.34. The maximum Gasteiger partial charge on any atom is 0.160 e. The predicted molar refractivity (Wildman–Crippen MR) is 29.2 cm³/mol. The van der Waals surface area contributed by atoms with Gasteiger partial charge in [-0.25, -0.2) is 0 Å². The maximum absolute atomic E-state index is 10.4. The van der Waals surface area contributed by atoms with E-state index in [1.165, 1.54) is 0 Å². The second-order valence-corrected chi connectivity index (χ2v) is 1.40. The predicted octanol–water partition coefficient (Wildman–Crippen LogP) is -0.311. The quantitative estimate of drug-likeness (QED) is 0.544. The lowest BCUT2D eigenvalue weighted by molar-refractivity contribution is -0.117. The lowest BCUT2D eigenvalue weighted by atomic mass is 10.3. The largest absolute Gasteiger partial charge is 0.313 e. The van der Waals surface area contributed by atoms with Gasteiger partial charge in [0.25, 0.3) is 0 Å². The minimum Gasteiger partial charge on any atom is -0.313 e. The summed E-state index contributed by atoms with van der Waals surface area (Å²) in [5.41, 5.74) is 0. The van der Waals surface area contributed by atoms with E-state index >= 15 is 0 Å². The van der Waals surface area contributed by atoms with Crippen molar-refractivity contribution in [2.45, 2.75) is 6.42 Å². The number of carbonyl (C=O) groups is 1. The van der Waals surface area contributed by atoms with Gasteiger partial charge in [-0.05, 0) is 7.05 Å². The van der Waals surface area contributed by atoms with Crippen LogP contribution >= 0.6 is 0 Å². The molecule has 0 aliphatic carbocycles. The van der Waals surface area contributed by atoms with Crippen molar-refractivity contribution in [3.8, 4) is 6.07 Å². The van der Waals surface area contributed by atoms with E-state index in [2.05, 4.69) is 5.32 Å². The summed E-state index contributed by atoms with van der Waals surface area (Å²) in [4.78, 5) is 10.4. The van der Waals surface area contributed by atoms with E-state index in [-0.39, 0.29) is 12.2 Å². The molecule has 0 saturated carbocycles. The van der Waals surface area contributed by atoms with Crippen molar-refractivity contribution < 1.29 is 4.79 Å². The van der Waals surface area contributed by atoms with Crippen LogP contribution in [0.25, 0.3) is 0 Å². The fourth-order valence-corrected chi connectivity index (χ4v) is 0.348. The summed E-state index contributed by atoms with van der Waals surface area (Å²) in [5, 5.41) is 10.6. The SMILES string of the molecule is CNCC(=O)CC#N. The molecule has 3 heteroatoms. The van der Waals surface area contributed by atoms with Crippen LogP contribution in [0.3, 0.4) is 0 Å². The second-order valence-electron chi connectivity index (χ2n) is 1.40. The van der Waals surface area contributed by atoms with Crippen molar-refractivity contribution in [3.05, 3.63) is 0 Å². The van der Waals surface area contributed by atoms with E-state index in [1.807, 2.05) is 0 Å². The van der Waals surface area contributed by atoms with E-state index < -0.39 is 0 Å². The Morgan fingerprint density at radius 2 is 2.50 bits per heavy atom. The third-order valence-corrected chi connectivity index (χ3v) is 0.650. The molecule has 0 atom stereocenters. The van der Waals surface area contributed by atoms with Gasteiger partial charge in [-0.3, -0.25) is 4.79 Å². The zero-order chi connectivity index (χ0) is 6.41. The van der Waals surface area contributed by atoms with E-state index in [0.29, 0.717) is 6.54 Å². The number of ketones is 1. The monoisotopic (exact) mass is 112 g/mol. The fraction of sp³-hybridized carbons (Fsp3) is 0.600. The van der Waals surface area contributed by atoms with Gasteiger partial charge in [0.1, 0.15) is 0 Å². The Bertz CT molecular complexity index is 114. The van der Waals surface area contributed by atoms with Crippen molar-refractivity contribution in [3.63, 3.8) is 0 Å². The van der Waals surface area contributed by atoms with Crippen molar-refractivity contribution >= 4 is 5.78 Å². The Morgan fingerprint density at radius 3 is 2.88 bits per heavy atom. The van der Waals surface area contributed by atoms with Gasteiger partial charge in [-0.1, -0.05) is 0 Å². The summed E-state index contributed by atoms with van der Waals surface area (Å²) in [6.45, 7) is 0.299. The van der Waals surface area contributed by atoms with Gasteiger partial charge in [-0.2, -0.15) is 5.26 Å². The van der Waals surface area contributed by atoms with Crippen LogP contribution in [0.5, 0.6) is 0 Å². The van der Waals surface area contributed by atoms with Gasteiger partial charge in [0.05, 0.1) is 19.0 Å². The minimum absolute atomic E-state index is 0.0147. The molecular weight excluding hydrogens is 104 g/mol. The van der Waals surface area contributed by atoms with Crippen LogP contribution in [0, 0.1) is 11.3 Å². The molecule has 0 bridgehead atoms. The smallest absolute Gasteiger partial charge is 0.160 e. The molecule has 0 aromatic rings. The molecule has 0 unspecified atom stereocenters. The third kappa shape index (κ3) is 3.32. The molecule has 44 valence electrons. The molecule has 0 heterocycles. The molecule has 0 radical (unpaired) electrons. The van der Waals surface area contributed by atoms with Crippen LogP contribution in [0.1, 0.15) is 6.42 Å². The molecule has 0 aromatic carbocycles. The van der Waals surface area contributed by atoms with Gasteiger partial charge in [0.2, 0.25) is 0 Å². The van der Waals surface area contributed by atoms with Crippen LogP contribution in [0.4, 0.5) is 0 Å². The summed E-state index contributed by atoms with van der Waals surface area (Å²) < 4.78 is 0. The summed E-state index contributed by atoms with van der Waals surface area (Å²) in [5.74, 6) is -0.0602. The third-order valence-electron chi connectivity index (χ3n) is 0.650. The molecule has 0 fully saturated rings. The molecular formula is C5H8N2O. The molecule has 0 aliphatic rings. The van der Waals surface area contributed by atoms with Crippen LogP contribution < -0.4 is 5.32 Å². The van der Waals surface area contributed by atoms with Crippen LogP contribution in [-0.4, -0.2) is 19.4 Å². The fourth-order valence-electron chi connectivity index (χ4n) is 0.348. The lowest BCUT2D eigenvalue weighted by Gasteiger charge is -1.88. The molecule has 0 aliphatic heterocycles. The molecule has 3 nitrogen and oxygen atoms in total. The van der Waals surface area contributed by atoms with Crippen molar-refractivity contribution in [1.29, 1.82) is 5.26 Å². The summed E-state index contributed by atoms with van der Waals surface area (Å²) in [6, 6.07) is 1.76. The molecule has 1 N–H and O–H groups in total. The van der Waals surface area contributed by atoms with Gasteiger partial charge in [0, 0.05) is 0 Å². The second kappa shape index (κ2) is 4.28. The van der Waals surface area contributed by atoms with E-state index in [0.717, 1.165) is 0 Å². The van der Waals surface area contributed by atoms with Crippen molar-refractivity contribution in [1.82, 2.24) is 5.32 Å². The number of likely N-dealkylation sites (N-methyl/N-ethyl adjacent to an activating group) is 1. The van der Waals surface area contributed by atoms with Crippen molar-refractivity contribution in [2.24, 2.45) is 0 Å². The Labute approximate surface area is 48.3 Å². The minimum atomic E-state index is -0.0602. The first-order valence-electron chi connectivity index (χ1n) is 2.34. The zero-order valence-corrected chi connectivity index (χ0v) is 4.77. The van der Waals surface area contributed by atoms with Gasteiger partial charge < -0.3 is 5.32 Å². The standard InChI is InChI=1S/C5H8N2O/c1-7-4-5(8)2-3-6/h7H,2,4H2,1H3. The Kier molecular flexibility index (Phi) is 3.81. The maximum atomic E-state index is 10.4. The molecule has 0 spiro atoms. The Balaban J connectivity index is 3.23. The molecule has 0 saturated heterocycles. The summed E-state index contributed by atoms with van der Waals surface area (Å²) >= 11 is 0. The molecule has 0 rings (SSSR count). The Morgan fingerprint density at radius 1 is 1.88 bits per heavy atom. The van der Waals surface area contributed by atoms with Gasteiger partial charge >= 0.3 is 0 Å². The molecule has 0 amide bonds. The first-order chi connectivity index (χ1) is 3.81. The highest BCUT2D eigenvalue weighted by atomic mass is 16.1. The van der Waals surface area contributed by atoms with Crippen molar-refractivity contribution in [2.75, 3.05) is 13.6 Å². The van der Waals surface area contributed by atoms with Crippen LogP contribution in [0.15, 0.2) is 0 Å². The number of carbonyl (C=O) groups excluding carboxylic acids is 1. The number of nitrogens with zero attached hydrogens (tertiary/aromatic N) is 1. The number of nitriles is 1. The summed E-state index contributed by atoms with van der Waals surface area (Å²) in [6.07, 6.45) is 0.0147. The van der Waals surface area contributed by atoms with E-state index in [1.54, 1.807) is 13.1 Å². The topological polar surface area (TPSA) is 52.9 Å². The van der Waals surface area contributed by atoms with Crippen LogP contribution in [-0.2, 0) is 4.79 Å². The highest BCUT2D eigenvalue weighted by molar-refractivity contribution is 5.82. The number of rotatable bonds is 3. The molecule has 8 heavy (non-hydrogen) atoms. The average Bonchev–Trinajstić information content (AvgIpc) is 1.68. The van der Waals surface area contributed by atoms with E-state index in [9.17, 15) is 4.79 Å². The average molecular weight is 112 g/mol. The van der Waals surface area contributed by atoms with E-state index in [4.69, 9.17) is 5.26 Å². The number of nitrogens with one attached hydrogen (secondary N) is 1. The number of hydrogen-bond acceptors (Lipinski definition) is 3.